The largest absolute Gasteiger partial charge is 1.00 e. The minimum atomic E-state index is 0. The van der Waals surface area contributed by atoms with Gasteiger partial charge in [-0.05, 0) is 31.2 Å². The maximum absolute atomic E-state index is 2.35. The van der Waals surface area contributed by atoms with Crippen LogP contribution in [0.25, 0.3) is 16.7 Å². The SMILES string of the molecule is CC[n+]1c(C)n(-c2ccccc2)c2ccccc21.[I-]. The van der Waals surface area contributed by atoms with E-state index in [2.05, 4.69) is 77.6 Å². The van der Waals surface area contributed by atoms with E-state index in [1.165, 1.54) is 22.5 Å². The summed E-state index contributed by atoms with van der Waals surface area (Å²) in [6.45, 7) is 5.36. The minimum absolute atomic E-state index is 0. The maximum atomic E-state index is 2.35. The van der Waals surface area contributed by atoms with Crippen LogP contribution in [0.4, 0.5) is 0 Å². The number of fused-ring (bicyclic) bond motifs is 1. The first kappa shape index (κ1) is 14.1. The summed E-state index contributed by atoms with van der Waals surface area (Å²) in [5.41, 5.74) is 3.78. The lowest BCUT2D eigenvalue weighted by Crippen LogP contribution is -3.00. The van der Waals surface area contributed by atoms with Crippen LogP contribution in [-0.4, -0.2) is 4.57 Å². The molecule has 3 heteroatoms. The lowest BCUT2D eigenvalue weighted by Gasteiger charge is -1.99. The van der Waals surface area contributed by atoms with Gasteiger partial charge < -0.3 is 24.0 Å². The summed E-state index contributed by atoms with van der Waals surface area (Å²) in [7, 11) is 0. The zero-order valence-corrected chi connectivity index (χ0v) is 13.3. The molecule has 0 aliphatic carbocycles. The van der Waals surface area contributed by atoms with Crippen molar-refractivity contribution in [3.63, 3.8) is 0 Å². The third-order valence-corrected chi connectivity index (χ3v) is 3.46. The van der Waals surface area contributed by atoms with Gasteiger partial charge in [-0.15, -0.1) is 0 Å². The second kappa shape index (κ2) is 5.74. The van der Waals surface area contributed by atoms with Gasteiger partial charge in [0.05, 0.1) is 6.54 Å². The van der Waals surface area contributed by atoms with Crippen molar-refractivity contribution in [1.82, 2.24) is 4.57 Å². The summed E-state index contributed by atoms with van der Waals surface area (Å²) in [6, 6.07) is 19.1. The molecule has 0 saturated carbocycles. The maximum Gasteiger partial charge on any atom is 0.259 e. The number of hydrogen-bond acceptors (Lipinski definition) is 0. The number of imidazole rings is 1. The number of aromatic nitrogens is 2. The Morgan fingerprint density at radius 1 is 0.947 bits per heavy atom. The molecule has 98 valence electrons. The van der Waals surface area contributed by atoms with Crippen LogP contribution in [0.5, 0.6) is 0 Å². The second-order valence-corrected chi connectivity index (χ2v) is 4.45. The molecule has 0 saturated heterocycles. The summed E-state index contributed by atoms with van der Waals surface area (Å²) >= 11 is 0. The molecule has 0 atom stereocenters. The van der Waals surface area contributed by atoms with Crippen LogP contribution in [0.1, 0.15) is 12.7 Å². The predicted molar refractivity (Wildman–Crippen MR) is 73.9 cm³/mol. The van der Waals surface area contributed by atoms with Crippen molar-refractivity contribution >= 4 is 11.0 Å². The summed E-state index contributed by atoms with van der Waals surface area (Å²) in [6.07, 6.45) is 0. The monoisotopic (exact) mass is 364 g/mol. The molecular formula is C16H17IN2. The van der Waals surface area contributed by atoms with Crippen LogP contribution in [0, 0.1) is 6.92 Å². The number of para-hydroxylation sites is 3. The normalized spacial score (nSPS) is 10.4. The number of benzene rings is 2. The molecule has 0 unspecified atom stereocenters. The predicted octanol–water partition coefficient (Wildman–Crippen LogP) is 0.250. The standard InChI is InChI=1S/C16H17N2.HI/c1-3-17-13(2)18(14-9-5-4-6-10-14)16-12-8-7-11-15(16)17;/h4-12H,3H2,1-2H3;1H/q+1;/p-1. The summed E-state index contributed by atoms with van der Waals surface area (Å²) in [4.78, 5) is 0. The molecule has 3 rings (SSSR count). The molecule has 0 radical (unpaired) electrons. The van der Waals surface area contributed by atoms with Crippen LogP contribution >= 0.6 is 0 Å². The Kier molecular flexibility index (Phi) is 4.24. The van der Waals surface area contributed by atoms with Crippen molar-refractivity contribution < 1.29 is 28.5 Å². The van der Waals surface area contributed by atoms with E-state index in [0.29, 0.717) is 0 Å². The van der Waals surface area contributed by atoms with Crippen molar-refractivity contribution in [2.24, 2.45) is 0 Å². The highest BCUT2D eigenvalue weighted by molar-refractivity contribution is 5.74. The molecule has 3 aromatic rings. The van der Waals surface area contributed by atoms with Crippen LogP contribution in [0.3, 0.4) is 0 Å². The Bertz CT molecular complexity index is 687. The quantitative estimate of drug-likeness (QED) is 0.456. The highest BCUT2D eigenvalue weighted by Gasteiger charge is 2.20. The molecule has 19 heavy (non-hydrogen) atoms. The van der Waals surface area contributed by atoms with Gasteiger partial charge in [0.15, 0.2) is 11.0 Å². The molecule has 0 spiro atoms. The third-order valence-electron chi connectivity index (χ3n) is 3.46. The Labute approximate surface area is 130 Å². The van der Waals surface area contributed by atoms with Gasteiger partial charge in [0, 0.05) is 6.92 Å². The summed E-state index contributed by atoms with van der Waals surface area (Å²) in [5.74, 6) is 1.27. The van der Waals surface area contributed by atoms with Gasteiger partial charge in [0.1, 0.15) is 5.69 Å². The first-order valence-electron chi connectivity index (χ1n) is 6.38. The molecule has 0 fully saturated rings. The number of aryl methyl sites for hydroxylation is 1. The van der Waals surface area contributed by atoms with E-state index in [1.807, 2.05) is 0 Å². The lowest BCUT2D eigenvalue weighted by molar-refractivity contribution is -0.674. The number of halogens is 1. The van der Waals surface area contributed by atoms with E-state index in [0.717, 1.165) is 6.54 Å². The zero-order valence-electron chi connectivity index (χ0n) is 11.2. The third kappa shape index (κ3) is 2.27. The minimum Gasteiger partial charge on any atom is -1.00 e. The number of nitrogens with zero attached hydrogens (tertiary/aromatic N) is 2. The van der Waals surface area contributed by atoms with Crippen molar-refractivity contribution in [2.45, 2.75) is 20.4 Å². The number of rotatable bonds is 2. The Morgan fingerprint density at radius 3 is 2.26 bits per heavy atom. The van der Waals surface area contributed by atoms with Gasteiger partial charge >= 0.3 is 0 Å². The molecule has 2 aromatic carbocycles. The molecular weight excluding hydrogens is 347 g/mol. The topological polar surface area (TPSA) is 8.81 Å². The first-order chi connectivity index (χ1) is 8.83. The van der Waals surface area contributed by atoms with Crippen molar-refractivity contribution in [2.75, 3.05) is 0 Å². The van der Waals surface area contributed by atoms with E-state index < -0.39 is 0 Å². The molecule has 0 aliphatic heterocycles. The Balaban J connectivity index is 0.00000133. The molecule has 2 nitrogen and oxygen atoms in total. The van der Waals surface area contributed by atoms with Gasteiger partial charge in [0.25, 0.3) is 5.82 Å². The van der Waals surface area contributed by atoms with Crippen molar-refractivity contribution in [3.05, 3.63) is 60.4 Å². The van der Waals surface area contributed by atoms with E-state index in [4.69, 9.17) is 0 Å². The van der Waals surface area contributed by atoms with Gasteiger partial charge in [0.2, 0.25) is 0 Å². The second-order valence-electron chi connectivity index (χ2n) is 4.45. The van der Waals surface area contributed by atoms with Crippen molar-refractivity contribution in [1.29, 1.82) is 0 Å². The van der Waals surface area contributed by atoms with Crippen LogP contribution in [0.2, 0.25) is 0 Å². The van der Waals surface area contributed by atoms with Gasteiger partial charge in [-0.3, -0.25) is 0 Å². The van der Waals surface area contributed by atoms with Crippen molar-refractivity contribution in [3.8, 4) is 5.69 Å². The molecule has 0 bridgehead atoms. The molecule has 1 heterocycles. The molecule has 0 amide bonds. The van der Waals surface area contributed by atoms with Crippen LogP contribution < -0.4 is 28.5 Å². The zero-order chi connectivity index (χ0) is 12.5. The van der Waals surface area contributed by atoms with Gasteiger partial charge in [-0.2, -0.15) is 4.57 Å². The Hall–Kier alpha value is -1.36. The Morgan fingerprint density at radius 2 is 1.58 bits per heavy atom. The fraction of sp³-hybridized carbons (Fsp3) is 0.188. The van der Waals surface area contributed by atoms with Gasteiger partial charge in [-0.25, -0.2) is 4.57 Å². The molecule has 0 N–H and O–H groups in total. The summed E-state index contributed by atoms with van der Waals surface area (Å²) < 4.78 is 4.67. The molecule has 1 aromatic heterocycles. The van der Waals surface area contributed by atoms with E-state index >= 15 is 0 Å². The fourth-order valence-electron chi connectivity index (χ4n) is 2.65. The summed E-state index contributed by atoms with van der Waals surface area (Å²) in [5, 5.41) is 0. The first-order valence-corrected chi connectivity index (χ1v) is 6.38. The number of hydrogen-bond donors (Lipinski definition) is 0. The highest BCUT2D eigenvalue weighted by Crippen LogP contribution is 2.19. The average Bonchev–Trinajstić information content (AvgIpc) is 2.71. The van der Waals surface area contributed by atoms with Crippen LogP contribution in [-0.2, 0) is 6.54 Å². The smallest absolute Gasteiger partial charge is 0.259 e. The van der Waals surface area contributed by atoms with E-state index in [1.54, 1.807) is 0 Å². The fourth-order valence-corrected chi connectivity index (χ4v) is 2.65. The highest BCUT2D eigenvalue weighted by atomic mass is 127. The van der Waals surface area contributed by atoms with E-state index in [-0.39, 0.29) is 24.0 Å². The van der Waals surface area contributed by atoms with Gasteiger partial charge in [-0.1, -0.05) is 30.3 Å². The van der Waals surface area contributed by atoms with Crippen LogP contribution in [0.15, 0.2) is 54.6 Å². The molecule has 0 aliphatic rings. The lowest BCUT2D eigenvalue weighted by atomic mass is 10.3. The van der Waals surface area contributed by atoms with E-state index in [9.17, 15) is 0 Å². The average molecular weight is 364 g/mol.